The molecule has 0 bridgehead atoms. The predicted octanol–water partition coefficient (Wildman–Crippen LogP) is 2.01. The molecule has 0 radical (unpaired) electrons. The van der Waals surface area contributed by atoms with Gasteiger partial charge in [-0.05, 0) is 45.0 Å². The zero-order valence-electron chi connectivity index (χ0n) is 15.7. The minimum atomic E-state index is -0.306. The van der Waals surface area contributed by atoms with Crippen molar-refractivity contribution in [2.24, 2.45) is 5.92 Å². The summed E-state index contributed by atoms with van der Waals surface area (Å²) in [4.78, 5) is 39.6. The number of esters is 1. The highest BCUT2D eigenvalue weighted by Crippen LogP contribution is 2.20. The fourth-order valence-corrected chi connectivity index (χ4v) is 3.14. The number of anilines is 1. The van der Waals surface area contributed by atoms with Crippen molar-refractivity contribution in [1.82, 2.24) is 9.80 Å². The summed E-state index contributed by atoms with van der Waals surface area (Å²) in [7, 11) is 1.60. The number of hydrogen-bond donors (Lipinski definition) is 1. The zero-order chi connectivity index (χ0) is 19.8. The highest BCUT2D eigenvalue weighted by molar-refractivity contribution is 6.33. The first-order valence-corrected chi connectivity index (χ1v) is 9.45. The lowest BCUT2D eigenvalue weighted by Gasteiger charge is -2.31. The summed E-state index contributed by atoms with van der Waals surface area (Å²) >= 11 is 6.02. The second-order valence-electron chi connectivity index (χ2n) is 6.58. The molecule has 2 amide bonds. The minimum absolute atomic E-state index is 0.0522. The van der Waals surface area contributed by atoms with Gasteiger partial charge in [-0.3, -0.25) is 19.3 Å². The average Bonchev–Trinajstić information content (AvgIpc) is 2.64. The molecule has 8 heteroatoms. The van der Waals surface area contributed by atoms with Crippen molar-refractivity contribution in [2.45, 2.75) is 19.8 Å². The Kier molecular flexibility index (Phi) is 8.06. The SMILES string of the molecule is CCOC(=O)C1CCN(CC(=O)N(C)CC(=O)Nc2ccccc2Cl)CC1. The van der Waals surface area contributed by atoms with Crippen LogP contribution in [0, 0.1) is 5.92 Å². The Balaban J connectivity index is 1.75. The van der Waals surface area contributed by atoms with E-state index < -0.39 is 0 Å². The van der Waals surface area contributed by atoms with E-state index in [9.17, 15) is 14.4 Å². The number of carbonyl (C=O) groups is 3. The van der Waals surface area contributed by atoms with Crippen LogP contribution in [-0.4, -0.2) is 67.4 Å². The molecule has 1 aromatic carbocycles. The lowest BCUT2D eigenvalue weighted by atomic mass is 9.97. The number of benzene rings is 1. The first kappa shape index (κ1) is 21.2. The second-order valence-corrected chi connectivity index (χ2v) is 6.99. The molecular weight excluding hydrogens is 370 g/mol. The molecule has 0 spiro atoms. The van der Waals surface area contributed by atoms with E-state index in [4.69, 9.17) is 16.3 Å². The molecule has 1 saturated heterocycles. The largest absolute Gasteiger partial charge is 0.466 e. The van der Waals surface area contributed by atoms with Gasteiger partial charge >= 0.3 is 5.97 Å². The Hall–Kier alpha value is -2.12. The third-order valence-electron chi connectivity index (χ3n) is 4.52. The first-order valence-electron chi connectivity index (χ1n) is 9.08. The molecule has 1 fully saturated rings. The third kappa shape index (κ3) is 6.52. The van der Waals surface area contributed by atoms with Gasteiger partial charge in [-0.2, -0.15) is 0 Å². The molecule has 27 heavy (non-hydrogen) atoms. The van der Waals surface area contributed by atoms with Crippen molar-refractivity contribution < 1.29 is 19.1 Å². The smallest absolute Gasteiger partial charge is 0.309 e. The maximum Gasteiger partial charge on any atom is 0.309 e. The van der Waals surface area contributed by atoms with E-state index in [2.05, 4.69) is 5.32 Å². The number of nitrogens with zero attached hydrogens (tertiary/aromatic N) is 2. The number of piperidine rings is 1. The number of amides is 2. The lowest BCUT2D eigenvalue weighted by molar-refractivity contribution is -0.149. The maximum atomic E-state index is 12.4. The number of para-hydroxylation sites is 1. The zero-order valence-corrected chi connectivity index (χ0v) is 16.5. The topological polar surface area (TPSA) is 79.0 Å². The monoisotopic (exact) mass is 395 g/mol. The molecule has 7 nitrogen and oxygen atoms in total. The van der Waals surface area contributed by atoms with Gasteiger partial charge in [0.1, 0.15) is 0 Å². The number of likely N-dealkylation sites (tertiary alicyclic amines) is 1. The summed E-state index contributed by atoms with van der Waals surface area (Å²) in [5.41, 5.74) is 0.519. The van der Waals surface area contributed by atoms with Crippen LogP contribution in [0.25, 0.3) is 0 Å². The molecule has 1 heterocycles. The highest BCUT2D eigenvalue weighted by Gasteiger charge is 2.27. The Bertz CT molecular complexity index is 675. The fourth-order valence-electron chi connectivity index (χ4n) is 2.95. The van der Waals surface area contributed by atoms with Crippen LogP contribution in [0.2, 0.25) is 5.02 Å². The Morgan fingerprint density at radius 1 is 1.26 bits per heavy atom. The van der Waals surface area contributed by atoms with E-state index in [1.807, 2.05) is 4.90 Å². The summed E-state index contributed by atoms with van der Waals surface area (Å²) in [5.74, 6) is -0.689. The molecule has 0 atom stereocenters. The molecule has 148 valence electrons. The number of ether oxygens (including phenoxy) is 1. The number of rotatable bonds is 7. The second kappa shape index (κ2) is 10.3. The summed E-state index contributed by atoms with van der Waals surface area (Å²) in [6, 6.07) is 6.94. The van der Waals surface area contributed by atoms with Crippen LogP contribution in [0.3, 0.4) is 0 Å². The van der Waals surface area contributed by atoms with Crippen molar-refractivity contribution in [3.63, 3.8) is 0 Å². The molecule has 0 unspecified atom stereocenters. The van der Waals surface area contributed by atoms with Crippen LogP contribution >= 0.6 is 11.6 Å². The third-order valence-corrected chi connectivity index (χ3v) is 4.85. The van der Waals surface area contributed by atoms with Gasteiger partial charge in [0.15, 0.2) is 0 Å². The highest BCUT2D eigenvalue weighted by atomic mass is 35.5. The van der Waals surface area contributed by atoms with Gasteiger partial charge in [-0.15, -0.1) is 0 Å². The van der Waals surface area contributed by atoms with Gasteiger partial charge < -0.3 is 15.0 Å². The van der Waals surface area contributed by atoms with Gasteiger partial charge in [0.25, 0.3) is 0 Å². The molecule has 1 N–H and O–H groups in total. The van der Waals surface area contributed by atoms with E-state index >= 15 is 0 Å². The van der Waals surface area contributed by atoms with Crippen molar-refractivity contribution in [3.8, 4) is 0 Å². The molecule has 2 rings (SSSR count). The van der Waals surface area contributed by atoms with Gasteiger partial charge in [0.05, 0.1) is 36.3 Å². The fraction of sp³-hybridized carbons (Fsp3) is 0.526. The van der Waals surface area contributed by atoms with Crippen LogP contribution in [0.1, 0.15) is 19.8 Å². The number of carbonyl (C=O) groups excluding carboxylic acids is 3. The number of hydrogen-bond acceptors (Lipinski definition) is 5. The van der Waals surface area contributed by atoms with Gasteiger partial charge in [0, 0.05) is 7.05 Å². The van der Waals surface area contributed by atoms with Crippen LogP contribution in [0.4, 0.5) is 5.69 Å². The van der Waals surface area contributed by atoms with Crippen LogP contribution in [-0.2, 0) is 19.1 Å². The van der Waals surface area contributed by atoms with Crippen molar-refractivity contribution in [2.75, 3.05) is 45.2 Å². The molecule has 1 aliphatic rings. The van der Waals surface area contributed by atoms with E-state index in [1.165, 1.54) is 4.90 Å². The summed E-state index contributed by atoms with van der Waals surface area (Å²) in [6.45, 7) is 3.68. The lowest BCUT2D eigenvalue weighted by Crippen LogP contribution is -2.45. The molecule has 0 saturated carbocycles. The number of likely N-dealkylation sites (N-methyl/N-ethyl adjacent to an activating group) is 1. The molecule has 1 aliphatic heterocycles. The Labute approximate surface area is 164 Å². The molecule has 1 aromatic rings. The van der Waals surface area contributed by atoms with Gasteiger partial charge in [-0.1, -0.05) is 23.7 Å². The number of halogens is 1. The first-order chi connectivity index (χ1) is 12.9. The van der Waals surface area contributed by atoms with Crippen LogP contribution < -0.4 is 5.32 Å². The molecule has 0 aromatic heterocycles. The molecular formula is C19H26ClN3O4. The number of nitrogens with one attached hydrogen (secondary N) is 1. The quantitative estimate of drug-likeness (QED) is 0.714. The van der Waals surface area contributed by atoms with Crippen molar-refractivity contribution in [1.29, 1.82) is 0 Å². The van der Waals surface area contributed by atoms with Crippen molar-refractivity contribution in [3.05, 3.63) is 29.3 Å². The average molecular weight is 396 g/mol. The summed E-state index contributed by atoms with van der Waals surface area (Å²) < 4.78 is 5.05. The van der Waals surface area contributed by atoms with E-state index in [-0.39, 0.29) is 36.8 Å². The normalized spacial score (nSPS) is 15.2. The van der Waals surface area contributed by atoms with Crippen LogP contribution in [0.15, 0.2) is 24.3 Å². The summed E-state index contributed by atoms with van der Waals surface area (Å²) in [6.07, 6.45) is 1.37. The Morgan fingerprint density at radius 2 is 1.93 bits per heavy atom. The van der Waals surface area contributed by atoms with E-state index in [0.717, 1.165) is 0 Å². The van der Waals surface area contributed by atoms with Gasteiger partial charge in [-0.25, -0.2) is 0 Å². The van der Waals surface area contributed by atoms with Gasteiger partial charge in [0.2, 0.25) is 11.8 Å². The van der Waals surface area contributed by atoms with Crippen LogP contribution in [0.5, 0.6) is 0 Å². The van der Waals surface area contributed by atoms with E-state index in [1.54, 1.807) is 38.2 Å². The Morgan fingerprint density at radius 3 is 2.56 bits per heavy atom. The standard InChI is InChI=1S/C19H26ClN3O4/c1-3-27-19(26)14-8-10-23(11-9-14)13-18(25)22(2)12-17(24)21-16-7-5-4-6-15(16)20/h4-7,14H,3,8-13H2,1-2H3,(H,21,24). The minimum Gasteiger partial charge on any atom is -0.466 e. The molecule has 0 aliphatic carbocycles. The summed E-state index contributed by atoms with van der Waals surface area (Å²) in [5, 5.41) is 3.15. The maximum absolute atomic E-state index is 12.4. The predicted molar refractivity (Wildman–Crippen MR) is 104 cm³/mol. The van der Waals surface area contributed by atoms with E-state index in [0.29, 0.717) is 43.2 Å². The van der Waals surface area contributed by atoms with Crippen molar-refractivity contribution >= 4 is 35.1 Å².